The molecule has 0 aliphatic carbocycles. The van der Waals surface area contributed by atoms with Crippen LogP contribution in [-0.4, -0.2) is 22.0 Å². The van der Waals surface area contributed by atoms with Crippen LogP contribution in [0.4, 0.5) is 0 Å². The lowest BCUT2D eigenvalue weighted by molar-refractivity contribution is 0.0952. The smallest absolute Gasteiger partial charge is 0.251 e. The third-order valence-corrected chi connectivity index (χ3v) is 5.06. The molecule has 1 N–H and O–H groups in total. The largest absolute Gasteiger partial charge is 0.351 e. The van der Waals surface area contributed by atoms with E-state index in [4.69, 9.17) is 4.98 Å². The predicted octanol–water partition coefficient (Wildman–Crippen LogP) is 3.91. The number of aryl methyl sites for hydroxylation is 2. The van der Waals surface area contributed by atoms with Gasteiger partial charge in [0.1, 0.15) is 5.82 Å². The zero-order valence-electron chi connectivity index (χ0n) is 14.5. The maximum absolute atomic E-state index is 12.5. The number of rotatable bonds is 4. The average Bonchev–Trinajstić information content (AvgIpc) is 3.04. The van der Waals surface area contributed by atoms with Crippen molar-refractivity contribution in [1.29, 1.82) is 0 Å². The Morgan fingerprint density at radius 2 is 2.04 bits per heavy atom. The molecule has 0 spiro atoms. The number of imidazole rings is 1. The van der Waals surface area contributed by atoms with Crippen molar-refractivity contribution in [2.45, 2.75) is 38.6 Å². The van der Waals surface area contributed by atoms with Gasteiger partial charge >= 0.3 is 0 Å². The van der Waals surface area contributed by atoms with Crippen LogP contribution in [-0.2, 0) is 13.0 Å². The summed E-state index contributed by atoms with van der Waals surface area (Å²) in [6.07, 6.45) is 3.44. The van der Waals surface area contributed by atoms with Crippen LogP contribution < -0.4 is 5.32 Å². The topological polar surface area (TPSA) is 46.9 Å². The number of carbonyl (C=O) groups is 1. The summed E-state index contributed by atoms with van der Waals surface area (Å²) in [6.45, 7) is 3.79. The lowest BCUT2D eigenvalue weighted by atomic mass is 10.0. The predicted molar refractivity (Wildman–Crippen MR) is 99.9 cm³/mol. The molecule has 2 aromatic carbocycles. The summed E-state index contributed by atoms with van der Waals surface area (Å²) in [4.78, 5) is 17.2. The second-order valence-corrected chi connectivity index (χ2v) is 6.86. The van der Waals surface area contributed by atoms with E-state index in [1.807, 2.05) is 36.4 Å². The fraction of sp³-hybridized carbons (Fsp3) is 0.333. The molecule has 1 amide bonds. The zero-order valence-corrected chi connectivity index (χ0v) is 14.5. The first kappa shape index (κ1) is 15.9. The second-order valence-electron chi connectivity index (χ2n) is 6.86. The maximum atomic E-state index is 12.5. The molecule has 2 heterocycles. The van der Waals surface area contributed by atoms with Crippen LogP contribution in [0, 0.1) is 0 Å². The normalized spacial score (nSPS) is 14.9. The van der Waals surface area contributed by atoms with Gasteiger partial charge in [0.2, 0.25) is 0 Å². The van der Waals surface area contributed by atoms with Crippen LogP contribution in [0.1, 0.15) is 47.4 Å². The highest BCUT2D eigenvalue weighted by atomic mass is 16.1. The Morgan fingerprint density at radius 3 is 2.88 bits per heavy atom. The first-order chi connectivity index (χ1) is 12.2. The minimum Gasteiger partial charge on any atom is -0.351 e. The highest BCUT2D eigenvalue weighted by molar-refractivity contribution is 5.97. The fourth-order valence-electron chi connectivity index (χ4n) is 3.56. The number of nitrogens with one attached hydrogen (secondary N) is 1. The Balaban J connectivity index is 1.48. The number of amides is 1. The van der Waals surface area contributed by atoms with Gasteiger partial charge in [-0.25, -0.2) is 4.98 Å². The van der Waals surface area contributed by atoms with Gasteiger partial charge in [0.05, 0.1) is 11.0 Å². The molecule has 128 valence electrons. The molecular weight excluding hydrogens is 310 g/mol. The van der Waals surface area contributed by atoms with Gasteiger partial charge in [0, 0.05) is 25.1 Å². The van der Waals surface area contributed by atoms with E-state index >= 15 is 0 Å². The van der Waals surface area contributed by atoms with Crippen LogP contribution in [0.3, 0.4) is 0 Å². The van der Waals surface area contributed by atoms with E-state index in [-0.39, 0.29) is 11.8 Å². The van der Waals surface area contributed by atoms with Gasteiger partial charge < -0.3 is 9.88 Å². The Labute approximate surface area is 147 Å². The van der Waals surface area contributed by atoms with Crippen molar-refractivity contribution in [2.75, 3.05) is 6.54 Å². The molecule has 0 saturated heterocycles. The van der Waals surface area contributed by atoms with Gasteiger partial charge in [-0.2, -0.15) is 0 Å². The number of fused-ring (bicyclic) bond motifs is 3. The van der Waals surface area contributed by atoms with Gasteiger partial charge in [-0.05, 0) is 42.5 Å². The van der Waals surface area contributed by atoms with Crippen molar-refractivity contribution >= 4 is 16.9 Å². The Bertz CT molecular complexity index is 898. The molecule has 0 bridgehead atoms. The molecule has 1 aliphatic rings. The quantitative estimate of drug-likeness (QED) is 0.787. The number of hydrogen-bond donors (Lipinski definition) is 1. The highest BCUT2D eigenvalue weighted by Crippen LogP contribution is 2.23. The molecule has 4 nitrogen and oxygen atoms in total. The number of hydrogen-bond acceptors (Lipinski definition) is 2. The van der Waals surface area contributed by atoms with E-state index < -0.39 is 0 Å². The summed E-state index contributed by atoms with van der Waals surface area (Å²) in [5.74, 6) is 1.40. The molecule has 0 saturated carbocycles. The van der Waals surface area contributed by atoms with E-state index in [0.717, 1.165) is 29.8 Å². The molecule has 1 atom stereocenters. The lowest BCUT2D eigenvalue weighted by Gasteiger charge is -2.14. The summed E-state index contributed by atoms with van der Waals surface area (Å²) in [5.41, 5.74) is 3.99. The van der Waals surface area contributed by atoms with Gasteiger partial charge in [0.25, 0.3) is 5.91 Å². The van der Waals surface area contributed by atoms with Crippen molar-refractivity contribution in [3.8, 4) is 0 Å². The van der Waals surface area contributed by atoms with Gasteiger partial charge in [-0.15, -0.1) is 0 Å². The Hall–Kier alpha value is -2.62. The summed E-state index contributed by atoms with van der Waals surface area (Å²) in [5, 5.41) is 3.05. The second kappa shape index (κ2) is 6.71. The lowest BCUT2D eigenvalue weighted by Crippen LogP contribution is -2.27. The molecule has 1 aliphatic heterocycles. The van der Waals surface area contributed by atoms with Crippen LogP contribution in [0.5, 0.6) is 0 Å². The van der Waals surface area contributed by atoms with Gasteiger partial charge in [0.15, 0.2) is 0 Å². The summed E-state index contributed by atoms with van der Waals surface area (Å²) < 4.78 is 2.29. The zero-order chi connectivity index (χ0) is 17.2. The van der Waals surface area contributed by atoms with E-state index in [2.05, 4.69) is 28.9 Å². The van der Waals surface area contributed by atoms with Gasteiger partial charge in [-0.1, -0.05) is 37.3 Å². The first-order valence-electron chi connectivity index (χ1n) is 9.04. The maximum Gasteiger partial charge on any atom is 0.251 e. The number of nitrogens with zero attached hydrogens (tertiary/aromatic N) is 2. The monoisotopic (exact) mass is 333 g/mol. The molecule has 0 unspecified atom stereocenters. The molecule has 0 fully saturated rings. The third-order valence-electron chi connectivity index (χ3n) is 5.06. The number of aromatic nitrogens is 2. The van der Waals surface area contributed by atoms with E-state index in [1.54, 1.807) is 0 Å². The van der Waals surface area contributed by atoms with Crippen LogP contribution in [0.25, 0.3) is 11.0 Å². The molecule has 3 aromatic rings. The molecule has 0 radical (unpaired) electrons. The van der Waals surface area contributed by atoms with Crippen molar-refractivity contribution < 1.29 is 4.79 Å². The standard InChI is InChI=1S/C21H23N3O/c1-15(16-7-3-2-4-8-16)14-22-21(25)17-10-11-19-18(13-17)23-20-9-5-6-12-24(19)20/h2-4,7-8,10-11,13,15H,5-6,9,12,14H2,1H3,(H,22,25)/t15-/m1/s1. The Kier molecular flexibility index (Phi) is 4.26. The summed E-state index contributed by atoms with van der Waals surface area (Å²) >= 11 is 0. The van der Waals surface area contributed by atoms with Crippen molar-refractivity contribution in [2.24, 2.45) is 0 Å². The highest BCUT2D eigenvalue weighted by Gasteiger charge is 2.16. The number of benzene rings is 2. The first-order valence-corrected chi connectivity index (χ1v) is 9.04. The van der Waals surface area contributed by atoms with Crippen molar-refractivity contribution in [1.82, 2.24) is 14.9 Å². The van der Waals surface area contributed by atoms with E-state index in [1.165, 1.54) is 18.4 Å². The van der Waals surface area contributed by atoms with Crippen molar-refractivity contribution in [3.05, 3.63) is 65.5 Å². The third kappa shape index (κ3) is 3.16. The minimum atomic E-state index is -0.0318. The van der Waals surface area contributed by atoms with Crippen molar-refractivity contribution in [3.63, 3.8) is 0 Å². The van der Waals surface area contributed by atoms with E-state index in [0.29, 0.717) is 12.1 Å². The molecular formula is C21H23N3O. The average molecular weight is 333 g/mol. The minimum absolute atomic E-state index is 0.0318. The van der Waals surface area contributed by atoms with E-state index in [9.17, 15) is 4.79 Å². The molecule has 1 aromatic heterocycles. The molecule has 4 heteroatoms. The Morgan fingerprint density at radius 1 is 1.20 bits per heavy atom. The fourth-order valence-corrected chi connectivity index (χ4v) is 3.56. The van der Waals surface area contributed by atoms with Crippen LogP contribution in [0.2, 0.25) is 0 Å². The van der Waals surface area contributed by atoms with Gasteiger partial charge in [-0.3, -0.25) is 4.79 Å². The summed E-state index contributed by atoms with van der Waals surface area (Å²) in [7, 11) is 0. The van der Waals surface area contributed by atoms with Crippen LogP contribution in [0.15, 0.2) is 48.5 Å². The summed E-state index contributed by atoms with van der Waals surface area (Å²) in [6, 6.07) is 16.1. The molecule has 25 heavy (non-hydrogen) atoms. The van der Waals surface area contributed by atoms with Crippen LogP contribution >= 0.6 is 0 Å². The molecule has 4 rings (SSSR count). The SMILES string of the molecule is C[C@H](CNC(=O)c1ccc2c(c1)nc1n2CCCC1)c1ccccc1. The number of carbonyl (C=O) groups excluding carboxylic acids is 1.